The van der Waals surface area contributed by atoms with Gasteiger partial charge in [-0.2, -0.15) is 0 Å². The van der Waals surface area contributed by atoms with Gasteiger partial charge in [-0.15, -0.1) is 0 Å². The number of hydrogen-bond donors (Lipinski definition) is 1. The lowest BCUT2D eigenvalue weighted by Crippen LogP contribution is -1.92. The summed E-state index contributed by atoms with van der Waals surface area (Å²) >= 11 is 3.58. The van der Waals surface area contributed by atoms with Gasteiger partial charge in [-0.3, -0.25) is 4.98 Å². The number of halogens is 1. The van der Waals surface area contributed by atoms with Crippen LogP contribution in [0.15, 0.2) is 59.2 Å². The van der Waals surface area contributed by atoms with Crippen LogP contribution in [0.25, 0.3) is 22.0 Å². The SMILES string of the molecule is Nc1ccc(Br)c2c(-c3ccccc3)ccnc12. The molecular formula is C15H11BrN2. The Morgan fingerprint density at radius 3 is 2.50 bits per heavy atom. The molecule has 0 fully saturated rings. The van der Waals surface area contributed by atoms with Crippen LogP contribution in [0.4, 0.5) is 5.69 Å². The highest BCUT2D eigenvalue weighted by Crippen LogP contribution is 2.35. The van der Waals surface area contributed by atoms with E-state index >= 15 is 0 Å². The van der Waals surface area contributed by atoms with E-state index in [4.69, 9.17) is 5.73 Å². The van der Waals surface area contributed by atoms with Gasteiger partial charge in [-0.25, -0.2) is 0 Å². The van der Waals surface area contributed by atoms with Gasteiger partial charge in [0.25, 0.3) is 0 Å². The van der Waals surface area contributed by atoms with E-state index in [9.17, 15) is 0 Å². The highest BCUT2D eigenvalue weighted by atomic mass is 79.9. The van der Waals surface area contributed by atoms with E-state index < -0.39 is 0 Å². The molecule has 1 aromatic heterocycles. The second-order valence-electron chi connectivity index (χ2n) is 4.08. The summed E-state index contributed by atoms with van der Waals surface area (Å²) in [6.07, 6.45) is 1.80. The molecule has 0 aliphatic heterocycles. The number of pyridine rings is 1. The van der Waals surface area contributed by atoms with Crippen LogP contribution in [0.2, 0.25) is 0 Å². The summed E-state index contributed by atoms with van der Waals surface area (Å²) in [6.45, 7) is 0. The summed E-state index contributed by atoms with van der Waals surface area (Å²) in [4.78, 5) is 4.37. The summed E-state index contributed by atoms with van der Waals surface area (Å²) in [5.41, 5.74) is 9.83. The van der Waals surface area contributed by atoms with Crippen LogP contribution in [0.1, 0.15) is 0 Å². The molecular weight excluding hydrogens is 288 g/mol. The van der Waals surface area contributed by atoms with Crippen molar-refractivity contribution in [2.75, 3.05) is 5.73 Å². The van der Waals surface area contributed by atoms with Gasteiger partial charge >= 0.3 is 0 Å². The minimum absolute atomic E-state index is 0.700. The summed E-state index contributed by atoms with van der Waals surface area (Å²) < 4.78 is 1.01. The smallest absolute Gasteiger partial charge is 0.0948 e. The molecule has 0 atom stereocenters. The average molecular weight is 299 g/mol. The second-order valence-corrected chi connectivity index (χ2v) is 4.94. The van der Waals surface area contributed by atoms with Gasteiger partial charge < -0.3 is 5.73 Å². The van der Waals surface area contributed by atoms with E-state index in [1.807, 2.05) is 36.4 Å². The lowest BCUT2D eigenvalue weighted by molar-refractivity contribution is 1.41. The van der Waals surface area contributed by atoms with Gasteiger partial charge in [0, 0.05) is 16.1 Å². The molecule has 0 saturated carbocycles. The first kappa shape index (κ1) is 11.2. The van der Waals surface area contributed by atoms with Crippen LogP contribution >= 0.6 is 15.9 Å². The first-order valence-corrected chi connectivity index (χ1v) is 6.45. The largest absolute Gasteiger partial charge is 0.397 e. The third kappa shape index (κ3) is 1.77. The number of nitrogens with two attached hydrogens (primary N) is 1. The molecule has 0 radical (unpaired) electrons. The predicted octanol–water partition coefficient (Wildman–Crippen LogP) is 4.25. The zero-order valence-electron chi connectivity index (χ0n) is 9.60. The zero-order chi connectivity index (χ0) is 12.5. The first-order valence-electron chi connectivity index (χ1n) is 5.65. The number of rotatable bonds is 1. The highest BCUT2D eigenvalue weighted by molar-refractivity contribution is 9.10. The normalized spacial score (nSPS) is 10.7. The summed E-state index contributed by atoms with van der Waals surface area (Å²) in [5.74, 6) is 0. The minimum atomic E-state index is 0.700. The van der Waals surface area contributed by atoms with Crippen LogP contribution in [0, 0.1) is 0 Å². The Morgan fingerprint density at radius 2 is 1.72 bits per heavy atom. The Kier molecular flexibility index (Phi) is 2.76. The van der Waals surface area contributed by atoms with E-state index in [-0.39, 0.29) is 0 Å². The molecule has 3 aromatic rings. The Hall–Kier alpha value is -1.87. The molecule has 3 heteroatoms. The van der Waals surface area contributed by atoms with Crippen LogP contribution in [0.3, 0.4) is 0 Å². The number of nitrogen functional groups attached to an aromatic ring is 1. The molecule has 0 aliphatic rings. The Bertz CT molecular complexity index is 708. The van der Waals surface area contributed by atoms with Crippen molar-refractivity contribution in [3.05, 3.63) is 59.2 Å². The molecule has 0 spiro atoms. The third-order valence-corrected chi connectivity index (χ3v) is 3.62. The van der Waals surface area contributed by atoms with E-state index in [0.717, 1.165) is 26.5 Å². The first-order chi connectivity index (χ1) is 8.77. The zero-order valence-corrected chi connectivity index (χ0v) is 11.2. The molecule has 3 rings (SSSR count). The topological polar surface area (TPSA) is 38.9 Å². The standard InChI is InChI=1S/C15H11BrN2/c16-12-6-7-13(17)15-14(12)11(8-9-18-15)10-4-2-1-3-5-10/h1-9H,17H2. The van der Waals surface area contributed by atoms with Crippen LogP contribution in [-0.4, -0.2) is 4.98 Å². The number of hydrogen-bond acceptors (Lipinski definition) is 2. The third-order valence-electron chi connectivity index (χ3n) is 2.96. The fourth-order valence-electron chi connectivity index (χ4n) is 2.11. The Labute approximate surface area is 114 Å². The number of anilines is 1. The molecule has 18 heavy (non-hydrogen) atoms. The summed E-state index contributed by atoms with van der Waals surface area (Å²) in [6, 6.07) is 16.1. The fraction of sp³-hybridized carbons (Fsp3) is 0. The van der Waals surface area contributed by atoms with Crippen LogP contribution in [0.5, 0.6) is 0 Å². The monoisotopic (exact) mass is 298 g/mol. The lowest BCUT2D eigenvalue weighted by Gasteiger charge is -2.09. The molecule has 2 aromatic carbocycles. The van der Waals surface area contributed by atoms with Crippen LogP contribution < -0.4 is 5.73 Å². The summed E-state index contributed by atoms with van der Waals surface area (Å²) in [5, 5.41) is 1.06. The number of aromatic nitrogens is 1. The van der Waals surface area contributed by atoms with Crippen molar-refractivity contribution in [2.24, 2.45) is 0 Å². The van der Waals surface area contributed by atoms with Crippen LogP contribution in [-0.2, 0) is 0 Å². The van der Waals surface area contributed by atoms with Crippen molar-refractivity contribution in [3.63, 3.8) is 0 Å². The van der Waals surface area contributed by atoms with Gasteiger partial charge in [0.2, 0.25) is 0 Å². The lowest BCUT2D eigenvalue weighted by atomic mass is 10.0. The molecule has 0 aliphatic carbocycles. The Balaban J connectivity index is 2.41. The summed E-state index contributed by atoms with van der Waals surface area (Å²) in [7, 11) is 0. The molecule has 2 nitrogen and oxygen atoms in total. The molecule has 0 saturated heterocycles. The van der Waals surface area contributed by atoms with Crippen molar-refractivity contribution < 1.29 is 0 Å². The molecule has 0 bridgehead atoms. The number of nitrogens with zero attached hydrogens (tertiary/aromatic N) is 1. The molecule has 0 amide bonds. The molecule has 1 heterocycles. The molecule has 88 valence electrons. The predicted molar refractivity (Wildman–Crippen MR) is 79.3 cm³/mol. The highest BCUT2D eigenvalue weighted by Gasteiger charge is 2.09. The second kappa shape index (κ2) is 4.42. The van der Waals surface area contributed by atoms with E-state index in [1.54, 1.807) is 6.20 Å². The maximum absolute atomic E-state index is 5.99. The van der Waals surface area contributed by atoms with Crippen molar-refractivity contribution in [1.82, 2.24) is 4.98 Å². The maximum Gasteiger partial charge on any atom is 0.0948 e. The minimum Gasteiger partial charge on any atom is -0.397 e. The van der Waals surface area contributed by atoms with Gasteiger partial charge in [0.15, 0.2) is 0 Å². The van der Waals surface area contributed by atoms with Crippen molar-refractivity contribution in [1.29, 1.82) is 0 Å². The van der Waals surface area contributed by atoms with E-state index in [2.05, 4.69) is 33.0 Å². The molecule has 2 N–H and O–H groups in total. The number of fused-ring (bicyclic) bond motifs is 1. The fourth-order valence-corrected chi connectivity index (χ4v) is 2.64. The van der Waals surface area contributed by atoms with E-state index in [1.165, 1.54) is 0 Å². The number of benzene rings is 2. The van der Waals surface area contributed by atoms with Gasteiger partial charge in [-0.05, 0) is 29.3 Å². The van der Waals surface area contributed by atoms with Gasteiger partial charge in [0.05, 0.1) is 11.2 Å². The Morgan fingerprint density at radius 1 is 0.944 bits per heavy atom. The van der Waals surface area contributed by atoms with Crippen molar-refractivity contribution >= 4 is 32.5 Å². The van der Waals surface area contributed by atoms with Gasteiger partial charge in [0.1, 0.15) is 0 Å². The molecule has 0 unspecified atom stereocenters. The van der Waals surface area contributed by atoms with E-state index in [0.29, 0.717) is 5.69 Å². The maximum atomic E-state index is 5.99. The average Bonchev–Trinajstić information content (AvgIpc) is 2.43. The quantitative estimate of drug-likeness (QED) is 0.682. The van der Waals surface area contributed by atoms with Crippen molar-refractivity contribution in [3.8, 4) is 11.1 Å². The van der Waals surface area contributed by atoms with Crippen molar-refractivity contribution in [2.45, 2.75) is 0 Å². The van der Waals surface area contributed by atoms with Gasteiger partial charge in [-0.1, -0.05) is 46.3 Å².